The van der Waals surface area contributed by atoms with Gasteiger partial charge in [-0.1, -0.05) is 0 Å². The molecule has 3 nitrogen and oxygen atoms in total. The van der Waals surface area contributed by atoms with Crippen LogP contribution in [-0.4, -0.2) is 23.0 Å². The summed E-state index contributed by atoms with van der Waals surface area (Å²) in [6.45, 7) is 0. The number of rotatable bonds is 3. The Kier molecular flexibility index (Phi) is 4.18. The highest BCUT2D eigenvalue weighted by Gasteiger charge is 2.42. The maximum Gasteiger partial charge on any atom is 0.391 e. The molecule has 2 rings (SSSR count). The topological polar surface area (TPSA) is 29.9 Å². The predicted octanol–water partition coefficient (Wildman–Crippen LogP) is 3.05. The minimum atomic E-state index is -4.04. The minimum absolute atomic E-state index is 0.0849. The second-order valence-electron chi connectivity index (χ2n) is 5.30. The van der Waals surface area contributed by atoms with Gasteiger partial charge < -0.3 is 5.32 Å². The summed E-state index contributed by atoms with van der Waals surface area (Å²) >= 11 is 0. The summed E-state index contributed by atoms with van der Waals surface area (Å²) in [5, 5.41) is 7.36. The fourth-order valence-corrected chi connectivity index (χ4v) is 3.09. The number of hydrogen-bond acceptors (Lipinski definition) is 2. The Morgan fingerprint density at radius 3 is 2.37 bits per heavy atom. The Balaban J connectivity index is 2.02. The maximum atomic E-state index is 12.7. The zero-order chi connectivity index (χ0) is 14.0. The molecule has 1 saturated carbocycles. The summed E-state index contributed by atoms with van der Waals surface area (Å²) in [5.41, 5.74) is 1.04. The fourth-order valence-electron chi connectivity index (χ4n) is 3.09. The summed E-state index contributed by atoms with van der Waals surface area (Å²) < 4.78 is 39.8. The number of aryl methyl sites for hydroxylation is 1. The van der Waals surface area contributed by atoms with Gasteiger partial charge in [-0.15, -0.1) is 0 Å². The van der Waals surface area contributed by atoms with E-state index in [1.54, 1.807) is 10.9 Å². The van der Waals surface area contributed by atoms with E-state index in [1.165, 1.54) is 0 Å². The number of nitrogens with zero attached hydrogens (tertiary/aromatic N) is 2. The Bertz CT molecular complexity index is 406. The standard InChI is InChI=1S/C13H20F3N3/c1-17-12(11-7-8-18-19(11)2)9-3-5-10(6-4-9)13(14,15)16/h7-10,12,17H,3-6H2,1-2H3. The van der Waals surface area contributed by atoms with Crippen LogP contribution in [0.2, 0.25) is 0 Å². The highest BCUT2D eigenvalue weighted by atomic mass is 19.4. The third-order valence-corrected chi connectivity index (χ3v) is 4.19. The van der Waals surface area contributed by atoms with Crippen LogP contribution >= 0.6 is 0 Å². The van der Waals surface area contributed by atoms with Crippen molar-refractivity contribution < 1.29 is 13.2 Å². The maximum absolute atomic E-state index is 12.7. The van der Waals surface area contributed by atoms with Crippen molar-refractivity contribution in [3.8, 4) is 0 Å². The molecule has 1 aromatic rings. The summed E-state index contributed by atoms with van der Waals surface area (Å²) in [4.78, 5) is 0. The Morgan fingerprint density at radius 2 is 1.95 bits per heavy atom. The van der Waals surface area contributed by atoms with E-state index in [4.69, 9.17) is 0 Å². The zero-order valence-corrected chi connectivity index (χ0v) is 11.2. The van der Waals surface area contributed by atoms with Crippen molar-refractivity contribution in [1.29, 1.82) is 0 Å². The van der Waals surface area contributed by atoms with Gasteiger partial charge in [-0.25, -0.2) is 0 Å². The van der Waals surface area contributed by atoms with Gasteiger partial charge in [-0.2, -0.15) is 18.3 Å². The molecular weight excluding hydrogens is 255 g/mol. The van der Waals surface area contributed by atoms with Gasteiger partial charge in [0.2, 0.25) is 0 Å². The second kappa shape index (κ2) is 5.53. The number of nitrogens with one attached hydrogen (secondary N) is 1. The van der Waals surface area contributed by atoms with Crippen LogP contribution in [0.3, 0.4) is 0 Å². The van der Waals surface area contributed by atoms with Crippen LogP contribution < -0.4 is 5.32 Å². The molecular formula is C13H20F3N3. The van der Waals surface area contributed by atoms with Crippen LogP contribution in [0.25, 0.3) is 0 Å². The Morgan fingerprint density at radius 1 is 1.32 bits per heavy atom. The Hall–Kier alpha value is -1.04. The first-order valence-electron chi connectivity index (χ1n) is 6.65. The number of halogens is 3. The van der Waals surface area contributed by atoms with Gasteiger partial charge in [-0.05, 0) is 44.7 Å². The quantitative estimate of drug-likeness (QED) is 0.919. The fraction of sp³-hybridized carbons (Fsp3) is 0.769. The molecule has 1 aliphatic carbocycles. The van der Waals surface area contributed by atoms with Crippen molar-refractivity contribution >= 4 is 0 Å². The van der Waals surface area contributed by atoms with Gasteiger partial charge in [0.15, 0.2) is 0 Å². The molecule has 1 atom stereocenters. The third kappa shape index (κ3) is 3.11. The van der Waals surface area contributed by atoms with E-state index in [-0.39, 0.29) is 24.8 Å². The highest BCUT2D eigenvalue weighted by molar-refractivity contribution is 5.08. The summed E-state index contributed by atoms with van der Waals surface area (Å²) in [7, 11) is 3.72. The molecule has 108 valence electrons. The molecule has 6 heteroatoms. The monoisotopic (exact) mass is 275 g/mol. The largest absolute Gasteiger partial charge is 0.391 e. The van der Waals surface area contributed by atoms with Crippen LogP contribution in [0.1, 0.15) is 37.4 Å². The lowest BCUT2D eigenvalue weighted by Crippen LogP contribution is -2.34. The number of hydrogen-bond donors (Lipinski definition) is 1. The van der Waals surface area contributed by atoms with Gasteiger partial charge in [-0.3, -0.25) is 4.68 Å². The summed E-state index contributed by atoms with van der Waals surface area (Å²) in [5.74, 6) is -0.869. The predicted molar refractivity (Wildman–Crippen MR) is 66.5 cm³/mol. The van der Waals surface area contributed by atoms with Gasteiger partial charge >= 0.3 is 6.18 Å². The number of aromatic nitrogens is 2. The van der Waals surface area contributed by atoms with Crippen molar-refractivity contribution in [1.82, 2.24) is 15.1 Å². The normalized spacial score (nSPS) is 26.4. The van der Waals surface area contributed by atoms with E-state index >= 15 is 0 Å². The van der Waals surface area contributed by atoms with E-state index in [2.05, 4.69) is 10.4 Å². The molecule has 1 heterocycles. The van der Waals surface area contributed by atoms with Crippen LogP contribution in [0.4, 0.5) is 13.2 Å². The molecule has 1 N–H and O–H groups in total. The van der Waals surface area contributed by atoms with Gasteiger partial charge in [0.25, 0.3) is 0 Å². The average molecular weight is 275 g/mol. The van der Waals surface area contributed by atoms with Gasteiger partial charge in [0, 0.05) is 13.2 Å². The average Bonchev–Trinajstić information content (AvgIpc) is 2.76. The molecule has 19 heavy (non-hydrogen) atoms. The van der Waals surface area contributed by atoms with E-state index in [0.717, 1.165) is 5.69 Å². The molecule has 1 aromatic heterocycles. The zero-order valence-electron chi connectivity index (χ0n) is 11.2. The first-order chi connectivity index (χ1) is 8.93. The molecule has 0 spiro atoms. The molecule has 1 fully saturated rings. The SMILES string of the molecule is CNC(c1ccnn1C)C1CCC(C(F)(F)F)CC1. The molecule has 1 aliphatic rings. The molecule has 0 bridgehead atoms. The van der Waals surface area contributed by atoms with E-state index < -0.39 is 12.1 Å². The molecule has 0 aromatic carbocycles. The van der Waals surface area contributed by atoms with E-state index in [0.29, 0.717) is 12.8 Å². The van der Waals surface area contributed by atoms with Crippen molar-refractivity contribution in [2.45, 2.75) is 37.9 Å². The number of alkyl halides is 3. The first kappa shape index (κ1) is 14.4. The van der Waals surface area contributed by atoms with Gasteiger partial charge in [0.05, 0.1) is 17.7 Å². The van der Waals surface area contributed by atoms with Crippen molar-refractivity contribution in [3.63, 3.8) is 0 Å². The van der Waals surface area contributed by atoms with Crippen LogP contribution in [-0.2, 0) is 7.05 Å². The van der Waals surface area contributed by atoms with Crippen LogP contribution in [0, 0.1) is 11.8 Å². The van der Waals surface area contributed by atoms with Crippen molar-refractivity contribution in [3.05, 3.63) is 18.0 Å². The molecule has 0 saturated heterocycles. The molecule has 1 unspecified atom stereocenters. The van der Waals surface area contributed by atoms with Crippen molar-refractivity contribution in [2.75, 3.05) is 7.05 Å². The summed E-state index contributed by atoms with van der Waals surface area (Å²) in [6, 6.07) is 2.01. The molecule has 0 aliphatic heterocycles. The Labute approximate surface area is 111 Å². The summed E-state index contributed by atoms with van der Waals surface area (Å²) in [6.07, 6.45) is -0.607. The van der Waals surface area contributed by atoms with E-state index in [9.17, 15) is 13.2 Å². The molecule has 0 radical (unpaired) electrons. The lowest BCUT2D eigenvalue weighted by atomic mass is 9.77. The van der Waals surface area contributed by atoms with Crippen molar-refractivity contribution in [2.24, 2.45) is 18.9 Å². The van der Waals surface area contributed by atoms with Gasteiger partial charge in [0.1, 0.15) is 0 Å². The van der Waals surface area contributed by atoms with Crippen LogP contribution in [0.15, 0.2) is 12.3 Å². The minimum Gasteiger partial charge on any atom is -0.311 e. The van der Waals surface area contributed by atoms with E-state index in [1.807, 2.05) is 20.2 Å². The lowest BCUT2D eigenvalue weighted by Gasteiger charge is -2.34. The third-order valence-electron chi connectivity index (χ3n) is 4.19. The molecule has 0 amide bonds. The van der Waals surface area contributed by atoms with Crippen LogP contribution in [0.5, 0.6) is 0 Å². The first-order valence-corrected chi connectivity index (χ1v) is 6.65. The second-order valence-corrected chi connectivity index (χ2v) is 5.30. The smallest absolute Gasteiger partial charge is 0.311 e. The highest BCUT2D eigenvalue weighted by Crippen LogP contribution is 2.42. The lowest BCUT2D eigenvalue weighted by molar-refractivity contribution is -0.184.